The normalized spacial score (nSPS) is 24.3. The molecule has 0 bridgehead atoms. The molecule has 1 amide bonds. The summed E-state index contributed by atoms with van der Waals surface area (Å²) in [6.07, 6.45) is -6.56. The summed E-state index contributed by atoms with van der Waals surface area (Å²) in [7, 11) is -2.03. The van der Waals surface area contributed by atoms with Crippen LogP contribution in [0.1, 0.15) is 61.6 Å². The Morgan fingerprint density at radius 3 is 2.15 bits per heavy atom. The molecule has 0 spiro atoms. The van der Waals surface area contributed by atoms with Gasteiger partial charge in [-0.1, -0.05) is 42.5 Å². The number of carboxylic acid groups (broad SMARTS) is 1. The van der Waals surface area contributed by atoms with Gasteiger partial charge >= 0.3 is 24.0 Å². The first kappa shape index (κ1) is 35.3. The monoisotopic (exact) mass is 696 g/mol. The van der Waals surface area contributed by atoms with Crippen molar-refractivity contribution in [1.82, 2.24) is 4.90 Å². The van der Waals surface area contributed by atoms with Gasteiger partial charge in [0, 0.05) is 35.0 Å². The number of carboxylic acids is 1. The van der Waals surface area contributed by atoms with Crippen molar-refractivity contribution >= 4 is 28.2 Å². The van der Waals surface area contributed by atoms with E-state index in [1.165, 1.54) is 4.90 Å². The Morgan fingerprint density at radius 1 is 0.938 bits per heavy atom. The maximum Gasteiger partial charge on any atom is 0.435 e. The third-order valence-electron chi connectivity index (χ3n) is 9.55. The van der Waals surface area contributed by atoms with E-state index >= 15 is 0 Å². The Balaban J connectivity index is 1.52. The van der Waals surface area contributed by atoms with Gasteiger partial charge in [0.05, 0.1) is 27.5 Å². The van der Waals surface area contributed by atoms with E-state index < -0.39 is 56.9 Å². The van der Waals surface area contributed by atoms with Crippen molar-refractivity contribution in [2.75, 3.05) is 13.1 Å². The van der Waals surface area contributed by atoms with Crippen LogP contribution in [0.5, 0.6) is 0 Å². The van der Waals surface area contributed by atoms with Gasteiger partial charge in [0.1, 0.15) is 0 Å². The molecule has 256 valence electrons. The van der Waals surface area contributed by atoms with Crippen molar-refractivity contribution in [2.24, 2.45) is 11.8 Å². The molecule has 2 aliphatic carbocycles. The van der Waals surface area contributed by atoms with Crippen LogP contribution in [0, 0.1) is 23.2 Å². The minimum atomic E-state index is -6.31. The van der Waals surface area contributed by atoms with Gasteiger partial charge in [0.15, 0.2) is 0 Å². The predicted molar refractivity (Wildman–Crippen MR) is 161 cm³/mol. The number of carbonyl (C=O) groups excluding carboxylic acids is 1. The molecule has 6 nitrogen and oxygen atoms in total. The summed E-state index contributed by atoms with van der Waals surface area (Å²) < 4.78 is 109. The van der Waals surface area contributed by atoms with E-state index in [1.807, 2.05) is 6.08 Å². The van der Waals surface area contributed by atoms with Crippen LogP contribution < -0.4 is 0 Å². The van der Waals surface area contributed by atoms with Gasteiger partial charge < -0.3 is 10.0 Å². The van der Waals surface area contributed by atoms with Crippen LogP contribution in [-0.2, 0) is 30.8 Å². The molecule has 1 N–H and O–H groups in total. The zero-order valence-corrected chi connectivity index (χ0v) is 26.2. The lowest BCUT2D eigenvalue weighted by molar-refractivity contribution is -0.348. The van der Waals surface area contributed by atoms with Crippen molar-refractivity contribution in [3.63, 3.8) is 0 Å². The maximum atomic E-state index is 14.9. The van der Waals surface area contributed by atoms with E-state index in [2.05, 4.69) is 6.07 Å². The van der Waals surface area contributed by atoms with Crippen LogP contribution >= 0.6 is 0 Å². The van der Waals surface area contributed by atoms with Gasteiger partial charge in [0.2, 0.25) is 5.91 Å². The number of hydrogen-bond donors (Lipinski definition) is 1. The molecule has 2 atom stereocenters. The second kappa shape index (κ2) is 13.1. The topological polar surface area (TPSA) is 98.5 Å². The van der Waals surface area contributed by atoms with Crippen LogP contribution in [0.2, 0.25) is 0 Å². The van der Waals surface area contributed by atoms with Crippen LogP contribution in [0.25, 0.3) is 5.57 Å². The Labute approximate surface area is 274 Å². The first-order valence-electron chi connectivity index (χ1n) is 15.3. The molecule has 2 fully saturated rings. The summed E-state index contributed by atoms with van der Waals surface area (Å²) in [4.78, 5) is 26.7. The van der Waals surface area contributed by atoms with Gasteiger partial charge in [-0.05, 0) is 79.9 Å². The summed E-state index contributed by atoms with van der Waals surface area (Å²) in [5, 5.41) is 18.7. The van der Waals surface area contributed by atoms with E-state index in [1.54, 1.807) is 30.3 Å². The van der Waals surface area contributed by atoms with E-state index in [4.69, 9.17) is 0 Å². The molecule has 0 radical (unpaired) electrons. The number of benzene rings is 2. The standard InChI is InChI=1S/C34H31F7N2O4S/c35-32(33(36,37)38,34(39,40)41)27-13-11-26(12-14-27)31(15-16-43(20-31)29(44)22-7-9-23(10-8-22)30(45)46)48(47)28-6-2-5-25(18-28)24-4-1-3-21(17-24)19-42/h2,4-6,11-14,17-18,22-23H,1,3,7-10,15-16,20H2,(H,45,46). The highest BCUT2D eigenvalue weighted by atomic mass is 32.2. The van der Waals surface area contributed by atoms with Crippen LogP contribution in [0.3, 0.4) is 0 Å². The Morgan fingerprint density at radius 2 is 1.56 bits per heavy atom. The van der Waals surface area contributed by atoms with E-state index in [9.17, 15) is 54.9 Å². The number of amides is 1. The van der Waals surface area contributed by atoms with Crippen LogP contribution in [0.15, 0.2) is 71.2 Å². The molecule has 14 heteroatoms. The fourth-order valence-corrected chi connectivity index (χ4v) is 8.60. The second-order valence-corrected chi connectivity index (χ2v) is 14.2. The zero-order valence-electron chi connectivity index (χ0n) is 25.4. The number of halogens is 7. The van der Waals surface area contributed by atoms with Crippen molar-refractivity contribution in [2.45, 2.75) is 72.6 Å². The second-order valence-electron chi connectivity index (χ2n) is 12.4. The molecular weight excluding hydrogens is 665 g/mol. The first-order chi connectivity index (χ1) is 22.5. The molecule has 1 saturated heterocycles. The quantitative estimate of drug-likeness (QED) is 0.299. The Hall–Kier alpha value is -3.99. The number of carbonyl (C=O) groups is 2. The van der Waals surface area contributed by atoms with Crippen molar-refractivity contribution in [3.05, 3.63) is 82.9 Å². The Bertz CT molecular complexity index is 1690. The summed E-state index contributed by atoms with van der Waals surface area (Å²) in [6.45, 7) is -0.121. The lowest BCUT2D eigenvalue weighted by atomic mass is 9.81. The molecule has 1 aliphatic heterocycles. The minimum Gasteiger partial charge on any atom is -0.481 e. The number of alkyl halides is 7. The highest BCUT2D eigenvalue weighted by Crippen LogP contribution is 2.53. The van der Waals surface area contributed by atoms with Crippen molar-refractivity contribution in [3.8, 4) is 6.07 Å². The number of allylic oxidation sites excluding steroid dienone is 4. The summed E-state index contributed by atoms with van der Waals surface area (Å²) in [5.41, 5.74) is -5.35. The van der Waals surface area contributed by atoms with E-state index in [-0.39, 0.29) is 35.9 Å². The highest BCUT2D eigenvalue weighted by Gasteiger charge is 2.73. The molecule has 2 unspecified atom stereocenters. The number of aliphatic carboxylic acids is 1. The number of nitrogens with zero attached hydrogens (tertiary/aromatic N) is 2. The number of likely N-dealkylation sites (tertiary alicyclic amines) is 1. The summed E-state index contributed by atoms with van der Waals surface area (Å²) in [6, 6.07) is 11.3. The van der Waals surface area contributed by atoms with Crippen molar-refractivity contribution in [1.29, 1.82) is 5.26 Å². The Kier molecular flexibility index (Phi) is 9.67. The predicted octanol–water partition coefficient (Wildman–Crippen LogP) is 7.73. The van der Waals surface area contributed by atoms with E-state index in [0.29, 0.717) is 67.4 Å². The average molecular weight is 697 g/mol. The molecule has 0 aromatic heterocycles. The maximum absolute atomic E-state index is 14.9. The molecular formula is C34H31F7N2O4S. The average Bonchev–Trinajstić information content (AvgIpc) is 3.53. The molecule has 1 saturated carbocycles. The molecule has 2 aromatic rings. The van der Waals surface area contributed by atoms with Gasteiger partial charge in [-0.25, -0.2) is 4.39 Å². The minimum absolute atomic E-state index is 0.0277. The zero-order chi connectivity index (χ0) is 35.1. The highest BCUT2D eigenvalue weighted by molar-refractivity contribution is 7.86. The fraction of sp³-hybridized carbons (Fsp3) is 0.441. The third-order valence-corrected chi connectivity index (χ3v) is 11.5. The lowest BCUT2D eigenvalue weighted by Gasteiger charge is -2.33. The largest absolute Gasteiger partial charge is 0.481 e. The molecule has 48 heavy (non-hydrogen) atoms. The number of hydrogen-bond acceptors (Lipinski definition) is 4. The van der Waals surface area contributed by atoms with E-state index in [0.717, 1.165) is 12.1 Å². The smallest absolute Gasteiger partial charge is 0.435 e. The van der Waals surface area contributed by atoms with Gasteiger partial charge in [-0.3, -0.25) is 13.8 Å². The van der Waals surface area contributed by atoms with Gasteiger partial charge in [-0.2, -0.15) is 31.6 Å². The lowest BCUT2D eigenvalue weighted by Crippen LogP contribution is -2.50. The van der Waals surface area contributed by atoms with Gasteiger partial charge in [-0.15, -0.1) is 0 Å². The van der Waals surface area contributed by atoms with Crippen LogP contribution in [-0.4, -0.2) is 51.5 Å². The van der Waals surface area contributed by atoms with Gasteiger partial charge in [0.25, 0.3) is 0 Å². The SMILES string of the molecule is N#CC1=CC(c2cccc(S(=O)C3(c4ccc(C(F)(C(F)(F)F)C(F)(F)F)cc4)CCN(C(=O)C4CCC(C(=O)O)CC4)C3)c2)=CCC1. The third kappa shape index (κ3) is 6.41. The molecule has 2 aromatic carbocycles. The molecule has 5 rings (SSSR count). The number of nitriles is 1. The molecule has 3 aliphatic rings. The summed E-state index contributed by atoms with van der Waals surface area (Å²) >= 11 is 0. The molecule has 1 heterocycles. The van der Waals surface area contributed by atoms with Crippen molar-refractivity contribution < 1.29 is 49.6 Å². The number of rotatable bonds is 7. The summed E-state index contributed by atoms with van der Waals surface area (Å²) in [5.74, 6) is -2.32. The van der Waals surface area contributed by atoms with Crippen LogP contribution in [0.4, 0.5) is 30.7 Å². The fourth-order valence-electron chi connectivity index (χ4n) is 6.81. The first-order valence-corrected chi connectivity index (χ1v) is 16.4.